The second-order valence-electron chi connectivity index (χ2n) is 6.76. The second-order valence-corrected chi connectivity index (χ2v) is 8.69. The monoisotopic (exact) mass is 376 g/mol. The molecule has 2 aliphatic rings. The molecule has 0 amide bonds. The molecule has 26 heavy (non-hydrogen) atoms. The van der Waals surface area contributed by atoms with Crippen molar-refractivity contribution >= 4 is 10.0 Å². The minimum atomic E-state index is -3.47. The summed E-state index contributed by atoms with van der Waals surface area (Å²) < 4.78 is 34.9. The molecule has 1 aromatic carbocycles. The molecule has 2 saturated heterocycles. The van der Waals surface area contributed by atoms with Crippen LogP contribution in [0.4, 0.5) is 0 Å². The van der Waals surface area contributed by atoms with Crippen molar-refractivity contribution in [1.29, 1.82) is 0 Å². The molecule has 0 bridgehead atoms. The zero-order chi connectivity index (χ0) is 18.0. The van der Waals surface area contributed by atoms with Crippen LogP contribution in [0.2, 0.25) is 0 Å². The summed E-state index contributed by atoms with van der Waals surface area (Å²) >= 11 is 0. The van der Waals surface area contributed by atoms with Crippen LogP contribution >= 0.6 is 0 Å². The standard InChI is InChI=1S/C18H24N4O3S/c23-26(24,18-5-3-16(4-6-18)22-11-1-8-19-22)21-10-2-9-20(12-13-21)17-7-14-25-15-17/h1,3-6,8,11,17H,2,7,9-10,12-15H2. The van der Waals surface area contributed by atoms with E-state index in [0.717, 1.165) is 44.8 Å². The molecule has 0 aliphatic carbocycles. The molecule has 8 heteroatoms. The molecule has 2 aromatic rings. The summed E-state index contributed by atoms with van der Waals surface area (Å²) in [4.78, 5) is 2.72. The fourth-order valence-electron chi connectivity index (χ4n) is 3.67. The van der Waals surface area contributed by atoms with E-state index in [4.69, 9.17) is 4.74 Å². The van der Waals surface area contributed by atoms with Crippen molar-refractivity contribution in [2.75, 3.05) is 39.4 Å². The first-order valence-corrected chi connectivity index (χ1v) is 10.5. The number of nitrogens with zero attached hydrogens (tertiary/aromatic N) is 4. The molecule has 3 heterocycles. The van der Waals surface area contributed by atoms with Gasteiger partial charge in [0.05, 0.1) is 17.2 Å². The zero-order valence-corrected chi connectivity index (χ0v) is 15.5. The topological polar surface area (TPSA) is 67.7 Å². The molecule has 0 spiro atoms. The Kier molecular flexibility index (Phi) is 5.08. The van der Waals surface area contributed by atoms with Crippen molar-refractivity contribution < 1.29 is 13.2 Å². The van der Waals surface area contributed by atoms with Crippen LogP contribution in [0.3, 0.4) is 0 Å². The van der Waals surface area contributed by atoms with Gasteiger partial charge < -0.3 is 4.74 Å². The summed E-state index contributed by atoms with van der Waals surface area (Å²) in [5.74, 6) is 0. The second kappa shape index (κ2) is 7.48. The largest absolute Gasteiger partial charge is 0.380 e. The van der Waals surface area contributed by atoms with Gasteiger partial charge in [0.2, 0.25) is 10.0 Å². The van der Waals surface area contributed by atoms with Crippen LogP contribution in [0, 0.1) is 0 Å². The van der Waals surface area contributed by atoms with Gasteiger partial charge in [0, 0.05) is 44.7 Å². The van der Waals surface area contributed by atoms with Crippen LogP contribution in [0.1, 0.15) is 12.8 Å². The van der Waals surface area contributed by atoms with Gasteiger partial charge in [-0.05, 0) is 49.7 Å². The first-order valence-electron chi connectivity index (χ1n) is 9.07. The molecule has 140 valence electrons. The lowest BCUT2D eigenvalue weighted by molar-refractivity contribution is 0.147. The van der Waals surface area contributed by atoms with Crippen molar-refractivity contribution in [3.05, 3.63) is 42.7 Å². The lowest BCUT2D eigenvalue weighted by atomic mass is 10.2. The lowest BCUT2D eigenvalue weighted by Gasteiger charge is -2.26. The molecule has 1 atom stereocenters. The number of aromatic nitrogens is 2. The Labute approximate surface area is 154 Å². The minimum absolute atomic E-state index is 0.339. The van der Waals surface area contributed by atoms with Gasteiger partial charge in [-0.2, -0.15) is 9.40 Å². The average molecular weight is 376 g/mol. The molecule has 0 N–H and O–H groups in total. The van der Waals surface area contributed by atoms with Crippen LogP contribution in [0.15, 0.2) is 47.6 Å². The Morgan fingerprint density at radius 3 is 2.62 bits per heavy atom. The summed E-state index contributed by atoms with van der Waals surface area (Å²) in [6.07, 6.45) is 5.42. The highest BCUT2D eigenvalue weighted by atomic mass is 32.2. The van der Waals surface area contributed by atoms with E-state index in [0.29, 0.717) is 24.0 Å². The van der Waals surface area contributed by atoms with Gasteiger partial charge in [-0.25, -0.2) is 13.1 Å². The first-order chi connectivity index (χ1) is 12.6. The van der Waals surface area contributed by atoms with Gasteiger partial charge in [0.1, 0.15) is 0 Å². The number of ether oxygens (including phenoxy) is 1. The van der Waals surface area contributed by atoms with Crippen LogP contribution < -0.4 is 0 Å². The van der Waals surface area contributed by atoms with E-state index in [1.807, 2.05) is 12.3 Å². The molecule has 2 aliphatic heterocycles. The molecule has 1 unspecified atom stereocenters. The third kappa shape index (κ3) is 3.55. The van der Waals surface area contributed by atoms with E-state index in [1.165, 1.54) is 0 Å². The van der Waals surface area contributed by atoms with Crippen LogP contribution in [-0.4, -0.2) is 72.8 Å². The first kappa shape index (κ1) is 17.7. The molecule has 0 radical (unpaired) electrons. The van der Waals surface area contributed by atoms with Crippen LogP contribution in [-0.2, 0) is 14.8 Å². The SMILES string of the molecule is O=S(=O)(c1ccc(-n2cccn2)cc1)N1CCCN(C2CCOC2)CC1. The zero-order valence-electron chi connectivity index (χ0n) is 14.7. The Morgan fingerprint density at radius 1 is 1.08 bits per heavy atom. The Balaban J connectivity index is 1.47. The third-order valence-electron chi connectivity index (χ3n) is 5.15. The number of benzene rings is 1. The summed E-state index contributed by atoms with van der Waals surface area (Å²) in [6.45, 7) is 4.36. The van der Waals surface area contributed by atoms with Crippen LogP contribution in [0.5, 0.6) is 0 Å². The Bertz CT molecular complexity index is 815. The number of hydrogen-bond donors (Lipinski definition) is 0. The van der Waals surface area contributed by atoms with Gasteiger partial charge in [-0.3, -0.25) is 4.90 Å². The van der Waals surface area contributed by atoms with Gasteiger partial charge in [-0.15, -0.1) is 0 Å². The molecule has 4 rings (SSSR count). The molecule has 1 aromatic heterocycles. The minimum Gasteiger partial charge on any atom is -0.380 e. The Morgan fingerprint density at radius 2 is 1.92 bits per heavy atom. The van der Waals surface area contributed by atoms with E-state index < -0.39 is 10.0 Å². The fourth-order valence-corrected chi connectivity index (χ4v) is 5.14. The fraction of sp³-hybridized carbons (Fsp3) is 0.500. The van der Waals surface area contributed by atoms with Crippen molar-refractivity contribution in [1.82, 2.24) is 19.0 Å². The van der Waals surface area contributed by atoms with Gasteiger partial charge in [0.25, 0.3) is 0 Å². The molecular weight excluding hydrogens is 352 g/mol. The van der Waals surface area contributed by atoms with E-state index in [1.54, 1.807) is 39.4 Å². The van der Waals surface area contributed by atoms with Gasteiger partial charge in [-0.1, -0.05) is 0 Å². The lowest BCUT2D eigenvalue weighted by Crippen LogP contribution is -2.39. The van der Waals surface area contributed by atoms with E-state index in [9.17, 15) is 8.42 Å². The van der Waals surface area contributed by atoms with Crippen molar-refractivity contribution in [2.45, 2.75) is 23.8 Å². The van der Waals surface area contributed by atoms with E-state index in [-0.39, 0.29) is 0 Å². The number of hydrogen-bond acceptors (Lipinski definition) is 5. The molecule has 2 fully saturated rings. The maximum Gasteiger partial charge on any atom is 0.243 e. The van der Waals surface area contributed by atoms with E-state index >= 15 is 0 Å². The average Bonchev–Trinajstić information content (AvgIpc) is 3.32. The maximum atomic E-state index is 13.0. The van der Waals surface area contributed by atoms with Gasteiger partial charge >= 0.3 is 0 Å². The Hall–Kier alpha value is -1.74. The number of rotatable bonds is 4. The normalized spacial score (nSPS) is 23.2. The van der Waals surface area contributed by atoms with Crippen molar-refractivity contribution in [3.8, 4) is 5.69 Å². The van der Waals surface area contributed by atoms with E-state index in [2.05, 4.69) is 10.00 Å². The quantitative estimate of drug-likeness (QED) is 0.806. The van der Waals surface area contributed by atoms with Gasteiger partial charge in [0.15, 0.2) is 0 Å². The summed E-state index contributed by atoms with van der Waals surface area (Å²) in [5.41, 5.74) is 0.845. The van der Waals surface area contributed by atoms with Crippen molar-refractivity contribution in [3.63, 3.8) is 0 Å². The predicted molar refractivity (Wildman–Crippen MR) is 97.7 cm³/mol. The summed E-state index contributed by atoms with van der Waals surface area (Å²) in [5, 5.41) is 4.17. The highest BCUT2D eigenvalue weighted by Crippen LogP contribution is 2.21. The summed E-state index contributed by atoms with van der Waals surface area (Å²) in [6, 6.07) is 9.19. The van der Waals surface area contributed by atoms with Crippen molar-refractivity contribution in [2.24, 2.45) is 0 Å². The smallest absolute Gasteiger partial charge is 0.243 e. The molecule has 7 nitrogen and oxygen atoms in total. The summed E-state index contributed by atoms with van der Waals surface area (Å²) in [7, 11) is -3.47. The maximum absolute atomic E-state index is 13.0. The van der Waals surface area contributed by atoms with Crippen LogP contribution in [0.25, 0.3) is 5.69 Å². The highest BCUT2D eigenvalue weighted by Gasteiger charge is 2.30. The number of sulfonamides is 1. The molecule has 0 saturated carbocycles. The molecular formula is C18H24N4O3S. The predicted octanol–water partition coefficient (Wildman–Crippen LogP) is 1.36. The third-order valence-corrected chi connectivity index (χ3v) is 7.07. The highest BCUT2D eigenvalue weighted by molar-refractivity contribution is 7.89.